The van der Waals surface area contributed by atoms with E-state index in [-0.39, 0.29) is 24.3 Å². The van der Waals surface area contributed by atoms with Crippen LogP contribution in [0, 0.1) is 0 Å². The van der Waals surface area contributed by atoms with Gasteiger partial charge in [0.1, 0.15) is 5.76 Å². The second-order valence-corrected chi connectivity index (χ2v) is 5.57. The Morgan fingerprint density at radius 3 is 2.62 bits per heavy atom. The van der Waals surface area contributed by atoms with E-state index in [1.54, 1.807) is 36.2 Å². The number of nitrogens with zero attached hydrogens (tertiary/aromatic N) is 1. The minimum atomic E-state index is -0.229. The fraction of sp³-hybridized carbons (Fsp3) is 0.267. The molecule has 0 aliphatic rings. The molecular formula is C15H16Cl2N2O2. The minimum Gasteiger partial charge on any atom is -0.455 e. The highest BCUT2D eigenvalue weighted by Gasteiger charge is 2.23. The maximum absolute atomic E-state index is 12.4. The molecule has 1 atom stereocenters. The number of hydrogen-bond acceptors (Lipinski definition) is 3. The SMILES string of the molecule is CC(c1ccc(Cl)cc1Cl)N(C)C(=O)c1ccc(CN)o1. The van der Waals surface area contributed by atoms with Crippen molar-refractivity contribution in [3.05, 3.63) is 57.5 Å². The van der Waals surface area contributed by atoms with Gasteiger partial charge in [0.25, 0.3) is 5.91 Å². The fourth-order valence-electron chi connectivity index (χ4n) is 2.00. The molecule has 0 saturated heterocycles. The number of halogens is 2. The normalized spacial score (nSPS) is 12.2. The number of benzene rings is 1. The molecular weight excluding hydrogens is 311 g/mol. The first kappa shape index (κ1) is 15.9. The third-order valence-corrected chi connectivity index (χ3v) is 3.95. The second kappa shape index (κ2) is 6.52. The van der Waals surface area contributed by atoms with E-state index >= 15 is 0 Å². The third-order valence-electron chi connectivity index (χ3n) is 3.39. The summed E-state index contributed by atoms with van der Waals surface area (Å²) in [5, 5.41) is 1.08. The van der Waals surface area contributed by atoms with Crippen LogP contribution in [0.15, 0.2) is 34.7 Å². The Labute approximate surface area is 133 Å². The largest absolute Gasteiger partial charge is 0.455 e. The van der Waals surface area contributed by atoms with Gasteiger partial charge in [-0.05, 0) is 36.8 Å². The molecule has 1 amide bonds. The highest BCUT2D eigenvalue weighted by atomic mass is 35.5. The van der Waals surface area contributed by atoms with Crippen LogP contribution in [0.4, 0.5) is 0 Å². The average molecular weight is 327 g/mol. The third kappa shape index (κ3) is 3.40. The molecule has 2 N–H and O–H groups in total. The van der Waals surface area contributed by atoms with E-state index in [0.717, 1.165) is 5.56 Å². The molecule has 1 heterocycles. The highest BCUT2D eigenvalue weighted by Crippen LogP contribution is 2.29. The predicted molar refractivity (Wildman–Crippen MR) is 83.6 cm³/mol. The summed E-state index contributed by atoms with van der Waals surface area (Å²) in [7, 11) is 1.70. The van der Waals surface area contributed by atoms with Crippen LogP contribution < -0.4 is 5.73 Å². The van der Waals surface area contributed by atoms with E-state index in [1.165, 1.54) is 0 Å². The van der Waals surface area contributed by atoms with Crippen LogP contribution in [0.5, 0.6) is 0 Å². The number of furan rings is 1. The van der Waals surface area contributed by atoms with Crippen molar-refractivity contribution in [3.8, 4) is 0 Å². The summed E-state index contributed by atoms with van der Waals surface area (Å²) in [5.41, 5.74) is 6.30. The molecule has 1 aromatic carbocycles. The standard InChI is InChI=1S/C15H16Cl2N2O2/c1-9(12-5-3-10(16)7-13(12)17)19(2)15(20)14-6-4-11(8-18)21-14/h3-7,9H,8,18H2,1-2H3. The topological polar surface area (TPSA) is 59.5 Å². The van der Waals surface area contributed by atoms with Crippen molar-refractivity contribution in [1.82, 2.24) is 4.90 Å². The molecule has 0 bridgehead atoms. The van der Waals surface area contributed by atoms with Crippen LogP contribution >= 0.6 is 23.2 Å². The van der Waals surface area contributed by atoms with Gasteiger partial charge < -0.3 is 15.1 Å². The van der Waals surface area contributed by atoms with E-state index in [4.69, 9.17) is 33.4 Å². The van der Waals surface area contributed by atoms with Crippen molar-refractivity contribution in [1.29, 1.82) is 0 Å². The number of carbonyl (C=O) groups excluding carboxylic acids is 1. The Balaban J connectivity index is 2.21. The van der Waals surface area contributed by atoms with Crippen LogP contribution in [-0.2, 0) is 6.54 Å². The molecule has 0 aliphatic carbocycles. The second-order valence-electron chi connectivity index (χ2n) is 4.73. The van der Waals surface area contributed by atoms with E-state index in [2.05, 4.69) is 0 Å². The molecule has 0 fully saturated rings. The Kier molecular flexibility index (Phi) is 4.93. The van der Waals surface area contributed by atoms with Crippen LogP contribution in [-0.4, -0.2) is 17.9 Å². The molecule has 6 heteroatoms. The summed E-state index contributed by atoms with van der Waals surface area (Å²) in [5.74, 6) is 0.604. The Morgan fingerprint density at radius 1 is 1.33 bits per heavy atom. The van der Waals surface area contributed by atoms with Gasteiger partial charge in [-0.3, -0.25) is 4.79 Å². The Bertz CT molecular complexity index is 655. The number of carbonyl (C=O) groups is 1. The smallest absolute Gasteiger partial charge is 0.289 e. The van der Waals surface area contributed by atoms with Crippen molar-refractivity contribution in [2.75, 3.05) is 7.05 Å². The zero-order chi connectivity index (χ0) is 15.6. The van der Waals surface area contributed by atoms with Crippen LogP contribution in [0.1, 0.15) is 34.8 Å². The fourth-order valence-corrected chi connectivity index (χ4v) is 2.57. The molecule has 0 aliphatic heterocycles. The van der Waals surface area contributed by atoms with Crippen molar-refractivity contribution < 1.29 is 9.21 Å². The molecule has 0 radical (unpaired) electrons. The first-order valence-electron chi connectivity index (χ1n) is 6.45. The van der Waals surface area contributed by atoms with Crippen LogP contribution in [0.2, 0.25) is 10.0 Å². The zero-order valence-electron chi connectivity index (χ0n) is 11.8. The van der Waals surface area contributed by atoms with Gasteiger partial charge >= 0.3 is 0 Å². The lowest BCUT2D eigenvalue weighted by Gasteiger charge is -2.25. The van der Waals surface area contributed by atoms with E-state index in [0.29, 0.717) is 15.8 Å². The number of amides is 1. The maximum Gasteiger partial charge on any atom is 0.289 e. The molecule has 2 aromatic rings. The van der Waals surface area contributed by atoms with E-state index < -0.39 is 0 Å². The van der Waals surface area contributed by atoms with E-state index in [9.17, 15) is 4.79 Å². The zero-order valence-corrected chi connectivity index (χ0v) is 13.3. The Hall–Kier alpha value is -1.49. The van der Waals surface area contributed by atoms with Crippen molar-refractivity contribution in [2.45, 2.75) is 19.5 Å². The summed E-state index contributed by atoms with van der Waals surface area (Å²) < 4.78 is 5.38. The van der Waals surface area contributed by atoms with Gasteiger partial charge in [0.05, 0.1) is 12.6 Å². The lowest BCUT2D eigenvalue weighted by molar-refractivity contribution is 0.0708. The number of nitrogens with two attached hydrogens (primary N) is 1. The van der Waals surface area contributed by atoms with Gasteiger partial charge in [0.15, 0.2) is 5.76 Å². The molecule has 0 spiro atoms. The first-order chi connectivity index (χ1) is 9.93. The van der Waals surface area contributed by atoms with Crippen molar-refractivity contribution >= 4 is 29.1 Å². The molecule has 1 aromatic heterocycles. The summed E-state index contributed by atoms with van der Waals surface area (Å²) in [6.07, 6.45) is 0. The number of hydrogen-bond donors (Lipinski definition) is 1. The Morgan fingerprint density at radius 2 is 2.05 bits per heavy atom. The molecule has 0 saturated carbocycles. The molecule has 21 heavy (non-hydrogen) atoms. The van der Waals surface area contributed by atoms with Gasteiger partial charge in [-0.1, -0.05) is 29.3 Å². The quantitative estimate of drug-likeness (QED) is 0.927. The highest BCUT2D eigenvalue weighted by molar-refractivity contribution is 6.35. The van der Waals surface area contributed by atoms with Crippen LogP contribution in [0.25, 0.3) is 0 Å². The van der Waals surface area contributed by atoms with Crippen molar-refractivity contribution in [2.24, 2.45) is 5.73 Å². The van der Waals surface area contributed by atoms with Crippen molar-refractivity contribution in [3.63, 3.8) is 0 Å². The molecule has 2 rings (SSSR count). The minimum absolute atomic E-state index is 0.214. The summed E-state index contributed by atoms with van der Waals surface area (Å²) in [4.78, 5) is 14.0. The van der Waals surface area contributed by atoms with Gasteiger partial charge in [-0.15, -0.1) is 0 Å². The summed E-state index contributed by atoms with van der Waals surface area (Å²) in [6, 6.07) is 8.32. The molecule has 4 nitrogen and oxygen atoms in total. The van der Waals surface area contributed by atoms with Gasteiger partial charge in [0.2, 0.25) is 0 Å². The average Bonchev–Trinajstić information content (AvgIpc) is 2.94. The van der Waals surface area contributed by atoms with Gasteiger partial charge in [0, 0.05) is 17.1 Å². The molecule has 1 unspecified atom stereocenters. The first-order valence-corrected chi connectivity index (χ1v) is 7.20. The predicted octanol–water partition coefficient (Wildman–Crippen LogP) is 3.88. The van der Waals surface area contributed by atoms with Crippen LogP contribution in [0.3, 0.4) is 0 Å². The summed E-state index contributed by atoms with van der Waals surface area (Å²) in [6.45, 7) is 2.15. The monoisotopic (exact) mass is 326 g/mol. The van der Waals surface area contributed by atoms with Gasteiger partial charge in [-0.2, -0.15) is 0 Å². The van der Waals surface area contributed by atoms with E-state index in [1.807, 2.05) is 13.0 Å². The number of rotatable bonds is 4. The molecule has 112 valence electrons. The lowest BCUT2D eigenvalue weighted by Crippen LogP contribution is -2.29. The van der Waals surface area contributed by atoms with Gasteiger partial charge in [-0.25, -0.2) is 0 Å². The summed E-state index contributed by atoms with van der Waals surface area (Å²) >= 11 is 12.1. The maximum atomic E-state index is 12.4. The lowest BCUT2D eigenvalue weighted by atomic mass is 10.1.